The quantitative estimate of drug-likeness (QED) is 0.194. The number of nitrogens with zero attached hydrogens (tertiary/aromatic N) is 4. The number of hydrogen-bond donors (Lipinski definition) is 4. The van der Waals surface area contributed by atoms with Crippen LogP contribution >= 0.6 is 0 Å². The summed E-state index contributed by atoms with van der Waals surface area (Å²) in [6.07, 6.45) is 26.0. The zero-order valence-electron chi connectivity index (χ0n) is 34.3. The summed E-state index contributed by atoms with van der Waals surface area (Å²) in [6, 6.07) is -1.35. The number of piperidine rings is 2. The van der Waals surface area contributed by atoms with Gasteiger partial charge in [0, 0.05) is 13.1 Å². The summed E-state index contributed by atoms with van der Waals surface area (Å²) in [5.74, 6) is 3.97. The van der Waals surface area contributed by atoms with Crippen LogP contribution in [0.1, 0.15) is 139 Å². The van der Waals surface area contributed by atoms with Gasteiger partial charge in [0.05, 0.1) is 49.0 Å². The Hall–Kier alpha value is -4.45. The number of fused-ring (bicyclic) bond motifs is 2. The summed E-state index contributed by atoms with van der Waals surface area (Å²) >= 11 is 0. The maximum Gasteiger partial charge on any atom is 0.407 e. The highest BCUT2D eigenvalue weighted by molar-refractivity contribution is 5.86. The van der Waals surface area contributed by atoms with Crippen LogP contribution in [0.5, 0.6) is 0 Å². The van der Waals surface area contributed by atoms with E-state index in [1.807, 2.05) is 43.0 Å². The van der Waals surface area contributed by atoms with Crippen LogP contribution in [0.2, 0.25) is 0 Å². The van der Waals surface area contributed by atoms with E-state index < -0.39 is 18.2 Å². The van der Waals surface area contributed by atoms with Gasteiger partial charge in [-0.05, 0) is 135 Å². The first-order valence-corrected chi connectivity index (χ1v) is 21.8. The van der Waals surface area contributed by atoms with E-state index in [1.54, 1.807) is 0 Å². The van der Waals surface area contributed by atoms with E-state index in [9.17, 15) is 14.4 Å². The Morgan fingerprint density at radius 1 is 0.772 bits per heavy atom. The molecule has 0 radical (unpaired) electrons. The Bertz CT molecular complexity index is 1950. The van der Waals surface area contributed by atoms with Crippen LogP contribution in [-0.4, -0.2) is 79.9 Å². The first-order chi connectivity index (χ1) is 27.7. The highest BCUT2D eigenvalue weighted by atomic mass is 16.5. The molecule has 2 aliphatic heterocycles. The SMILES string of the molecule is CCC(NC(=O)OC)C(=O)N1CCCCC1c1ncc(C2=CC=C(C3=CC=C(c4cnc(C5CCCCN5C(=O)C(N)C(C)C)[nH]4)CC3)C3C4CCC(CC4)C23)[nH]1. The molecule has 2 saturated heterocycles. The molecule has 7 aliphatic rings. The standard InChI is InChI=1S/C45H62N8O4/c1-5-33(51-45(56)57-4)43(54)52-22-8-6-10-36(52)42-48-25-35(50-42)32-21-20-31(38-29-16-18-30(19-17-29)39(32)38)27-12-14-28(15-13-27)34-24-47-41(49-34)37-11-7-9-23-53(37)44(55)40(46)26(2)3/h12,14,20-21,24-26,29-30,33,36-40H,5-11,13,15-19,22-23,46H2,1-4H3,(H,47,49)(H,48,50)(H,51,56). The number of hydrogen-bond acceptors (Lipinski definition) is 7. The van der Waals surface area contributed by atoms with Crippen LogP contribution in [0.3, 0.4) is 0 Å². The molecule has 0 aromatic carbocycles. The molecule has 3 saturated carbocycles. The monoisotopic (exact) mass is 778 g/mol. The Kier molecular flexibility index (Phi) is 11.6. The van der Waals surface area contributed by atoms with E-state index in [0.717, 1.165) is 80.9 Å². The number of methoxy groups -OCH3 is 1. The van der Waals surface area contributed by atoms with Gasteiger partial charge in [0.15, 0.2) is 0 Å². The molecule has 2 aromatic heterocycles. The number of aromatic amines is 2. The lowest BCUT2D eigenvalue weighted by Gasteiger charge is -2.52. The van der Waals surface area contributed by atoms with Gasteiger partial charge in [0.25, 0.3) is 0 Å². The fraction of sp³-hybridized carbons (Fsp3) is 0.622. The van der Waals surface area contributed by atoms with Crippen molar-refractivity contribution in [3.63, 3.8) is 0 Å². The zero-order valence-corrected chi connectivity index (χ0v) is 34.3. The minimum Gasteiger partial charge on any atom is -0.453 e. The van der Waals surface area contributed by atoms with Crippen molar-refractivity contribution in [2.75, 3.05) is 20.2 Å². The number of alkyl carbamates (subject to hydrolysis) is 1. The number of H-pyrrole nitrogens is 2. The van der Waals surface area contributed by atoms with E-state index in [2.05, 4.69) is 39.6 Å². The van der Waals surface area contributed by atoms with Crippen molar-refractivity contribution in [1.29, 1.82) is 0 Å². The van der Waals surface area contributed by atoms with Gasteiger partial charge in [-0.3, -0.25) is 9.59 Å². The molecule has 2 aromatic rings. The molecule has 5 aliphatic carbocycles. The van der Waals surface area contributed by atoms with Crippen molar-refractivity contribution < 1.29 is 19.1 Å². The van der Waals surface area contributed by atoms with Crippen LogP contribution in [0.4, 0.5) is 4.79 Å². The highest BCUT2D eigenvalue weighted by Crippen LogP contribution is 2.58. The second-order valence-electron chi connectivity index (χ2n) is 17.7. The number of imidazole rings is 2. The molecule has 12 nitrogen and oxygen atoms in total. The third-order valence-corrected chi connectivity index (χ3v) is 14.1. The van der Waals surface area contributed by atoms with Crippen LogP contribution in [0.15, 0.2) is 47.8 Å². The minimum atomic E-state index is -0.633. The van der Waals surface area contributed by atoms with Crippen molar-refractivity contribution in [3.05, 3.63) is 70.9 Å². The molecule has 6 unspecified atom stereocenters. The second-order valence-corrected chi connectivity index (χ2v) is 17.7. The summed E-state index contributed by atoms with van der Waals surface area (Å²) in [6.45, 7) is 7.28. The first kappa shape index (κ1) is 39.4. The number of carbonyl (C=O) groups excluding carboxylic acids is 3. The average Bonchev–Trinajstić information content (AvgIpc) is 3.96. The smallest absolute Gasteiger partial charge is 0.407 e. The summed E-state index contributed by atoms with van der Waals surface area (Å²) in [4.78, 5) is 60.1. The molecule has 6 atom stereocenters. The largest absolute Gasteiger partial charge is 0.453 e. The van der Waals surface area contributed by atoms with Crippen molar-refractivity contribution >= 4 is 29.1 Å². The van der Waals surface area contributed by atoms with Crippen LogP contribution in [-0.2, 0) is 14.3 Å². The summed E-state index contributed by atoms with van der Waals surface area (Å²) < 4.78 is 4.80. The molecular formula is C45H62N8O4. The lowest BCUT2D eigenvalue weighted by Crippen LogP contribution is -2.50. The minimum absolute atomic E-state index is 0.0251. The van der Waals surface area contributed by atoms with Crippen molar-refractivity contribution in [1.82, 2.24) is 35.1 Å². The average molecular weight is 779 g/mol. The van der Waals surface area contributed by atoms with Gasteiger partial charge in [-0.2, -0.15) is 0 Å². The predicted octanol–water partition coefficient (Wildman–Crippen LogP) is 7.54. The zero-order chi connectivity index (χ0) is 39.8. The van der Waals surface area contributed by atoms with Gasteiger partial charge >= 0.3 is 6.09 Å². The number of rotatable bonds is 10. The van der Waals surface area contributed by atoms with E-state index in [0.29, 0.717) is 36.6 Å². The summed E-state index contributed by atoms with van der Waals surface area (Å²) in [5, 5.41) is 2.73. The maximum atomic E-state index is 13.7. The third-order valence-electron chi connectivity index (χ3n) is 14.1. The van der Waals surface area contributed by atoms with E-state index in [-0.39, 0.29) is 29.8 Å². The lowest BCUT2D eigenvalue weighted by atomic mass is 9.52. The van der Waals surface area contributed by atoms with Crippen LogP contribution in [0, 0.1) is 29.6 Å². The van der Waals surface area contributed by atoms with E-state index in [4.69, 9.17) is 20.4 Å². The molecule has 0 spiro atoms. The Labute approximate surface area is 337 Å². The number of likely N-dealkylation sites (tertiary alicyclic amines) is 2. The van der Waals surface area contributed by atoms with Gasteiger partial charge in [-0.1, -0.05) is 45.1 Å². The van der Waals surface area contributed by atoms with Gasteiger partial charge in [-0.25, -0.2) is 14.8 Å². The number of aromatic nitrogens is 4. The molecule has 12 heteroatoms. The van der Waals surface area contributed by atoms with Crippen molar-refractivity contribution in [2.24, 2.45) is 35.3 Å². The summed E-state index contributed by atoms with van der Waals surface area (Å²) in [7, 11) is 1.32. The number of allylic oxidation sites excluding steroid dienone is 8. The van der Waals surface area contributed by atoms with E-state index >= 15 is 0 Å². The Morgan fingerprint density at radius 2 is 1.32 bits per heavy atom. The first-order valence-electron chi connectivity index (χ1n) is 21.8. The normalized spacial score (nSPS) is 28.5. The Balaban J connectivity index is 1.03. The van der Waals surface area contributed by atoms with Crippen LogP contribution < -0.4 is 11.1 Å². The molecule has 306 valence electrons. The Morgan fingerprint density at radius 3 is 1.89 bits per heavy atom. The van der Waals surface area contributed by atoms with Gasteiger partial charge in [0.2, 0.25) is 11.8 Å². The topological polar surface area (TPSA) is 162 Å². The molecule has 5 N–H and O–H groups in total. The van der Waals surface area contributed by atoms with Gasteiger partial charge in [0.1, 0.15) is 17.7 Å². The molecule has 4 heterocycles. The number of amides is 3. The molecule has 9 rings (SSSR count). The van der Waals surface area contributed by atoms with Gasteiger partial charge in [-0.15, -0.1) is 0 Å². The fourth-order valence-electron chi connectivity index (χ4n) is 10.9. The number of nitrogens with two attached hydrogens (primary N) is 1. The fourth-order valence-corrected chi connectivity index (χ4v) is 10.9. The lowest BCUT2D eigenvalue weighted by molar-refractivity contribution is -0.138. The second kappa shape index (κ2) is 16.8. The molecular weight excluding hydrogens is 717 g/mol. The van der Waals surface area contributed by atoms with Crippen molar-refractivity contribution in [3.8, 4) is 0 Å². The predicted molar refractivity (Wildman–Crippen MR) is 220 cm³/mol. The van der Waals surface area contributed by atoms with Crippen LogP contribution in [0.25, 0.3) is 11.1 Å². The van der Waals surface area contributed by atoms with Gasteiger partial charge < -0.3 is 35.6 Å². The third kappa shape index (κ3) is 7.66. The highest BCUT2D eigenvalue weighted by Gasteiger charge is 2.48. The number of carbonyl (C=O) groups is 3. The molecule has 3 amide bonds. The maximum absolute atomic E-state index is 13.7. The summed E-state index contributed by atoms with van der Waals surface area (Å²) in [5.41, 5.74) is 14.0. The number of ether oxygens (including phenoxy) is 1. The number of nitrogens with one attached hydrogen (secondary N) is 3. The van der Waals surface area contributed by atoms with Crippen molar-refractivity contribution in [2.45, 2.75) is 128 Å². The molecule has 57 heavy (non-hydrogen) atoms. The molecule has 2 bridgehead atoms. The van der Waals surface area contributed by atoms with E-state index in [1.165, 1.54) is 55.1 Å². The molecule has 5 fully saturated rings.